The molecule has 1 heterocycles. The largest absolute Gasteiger partial charge is 0.491 e. The van der Waals surface area contributed by atoms with Crippen molar-refractivity contribution in [2.24, 2.45) is 0 Å². The summed E-state index contributed by atoms with van der Waals surface area (Å²) in [5.41, 5.74) is 0.753. The fourth-order valence-electron chi connectivity index (χ4n) is 3.23. The lowest BCUT2D eigenvalue weighted by Gasteiger charge is -2.22. The van der Waals surface area contributed by atoms with E-state index >= 15 is 0 Å². The van der Waals surface area contributed by atoms with E-state index in [1.807, 2.05) is 24.3 Å². The number of carbonyl (C=O) groups excluding carboxylic acids is 1. The monoisotopic (exact) mass is 318 g/mol. The first-order chi connectivity index (χ1) is 11.3. The van der Waals surface area contributed by atoms with Gasteiger partial charge in [-0.25, -0.2) is 4.79 Å². The second-order valence-corrected chi connectivity index (χ2v) is 6.41. The number of nitrogens with one attached hydrogen (secondary N) is 2. The van der Waals surface area contributed by atoms with Gasteiger partial charge < -0.3 is 20.1 Å². The van der Waals surface area contributed by atoms with Crippen molar-refractivity contribution >= 4 is 11.7 Å². The minimum atomic E-state index is -0.131. The maximum Gasteiger partial charge on any atom is 0.319 e. The van der Waals surface area contributed by atoms with Gasteiger partial charge in [-0.1, -0.05) is 25.3 Å². The van der Waals surface area contributed by atoms with Crippen molar-refractivity contribution in [3.8, 4) is 5.75 Å². The second kappa shape index (κ2) is 8.20. The first kappa shape index (κ1) is 16.1. The van der Waals surface area contributed by atoms with Gasteiger partial charge in [-0.2, -0.15) is 0 Å². The van der Waals surface area contributed by atoms with Gasteiger partial charge in [0, 0.05) is 24.4 Å². The molecule has 2 amide bonds. The molecular weight excluding hydrogens is 292 g/mol. The number of carbonyl (C=O) groups is 1. The number of urea groups is 1. The number of anilines is 1. The average Bonchev–Trinajstić information content (AvgIpc) is 3.07. The van der Waals surface area contributed by atoms with E-state index in [-0.39, 0.29) is 12.1 Å². The van der Waals surface area contributed by atoms with Gasteiger partial charge in [-0.05, 0) is 37.8 Å². The Morgan fingerprint density at radius 1 is 1.17 bits per heavy atom. The topological polar surface area (TPSA) is 59.6 Å². The van der Waals surface area contributed by atoms with Crippen LogP contribution >= 0.6 is 0 Å². The number of benzene rings is 1. The molecule has 2 N–H and O–H groups in total. The molecule has 1 saturated heterocycles. The fourth-order valence-corrected chi connectivity index (χ4v) is 3.23. The highest BCUT2D eigenvalue weighted by molar-refractivity contribution is 5.89. The molecular formula is C18H26N2O3. The van der Waals surface area contributed by atoms with Gasteiger partial charge in [0.1, 0.15) is 12.4 Å². The van der Waals surface area contributed by atoms with Crippen molar-refractivity contribution in [1.82, 2.24) is 5.32 Å². The Morgan fingerprint density at radius 2 is 2.04 bits per heavy atom. The minimum Gasteiger partial charge on any atom is -0.491 e. The summed E-state index contributed by atoms with van der Waals surface area (Å²) in [6.07, 6.45) is 8.22. The van der Waals surface area contributed by atoms with E-state index in [0.29, 0.717) is 12.6 Å². The Morgan fingerprint density at radius 3 is 2.83 bits per heavy atom. The van der Waals surface area contributed by atoms with Crippen LogP contribution in [0.25, 0.3) is 0 Å². The van der Waals surface area contributed by atoms with Gasteiger partial charge in [-0.15, -0.1) is 0 Å². The summed E-state index contributed by atoms with van der Waals surface area (Å²) in [5, 5.41) is 5.95. The first-order valence-electron chi connectivity index (χ1n) is 8.71. The first-order valence-corrected chi connectivity index (χ1v) is 8.71. The normalized spacial score (nSPS) is 21.8. The predicted octanol–water partition coefficient (Wildman–Crippen LogP) is 3.70. The molecule has 1 aromatic rings. The third-order valence-electron chi connectivity index (χ3n) is 4.49. The van der Waals surface area contributed by atoms with Crippen molar-refractivity contribution < 1.29 is 14.3 Å². The Bertz CT molecular complexity index is 509. The molecule has 2 fully saturated rings. The van der Waals surface area contributed by atoms with Crippen LogP contribution in [0.3, 0.4) is 0 Å². The van der Waals surface area contributed by atoms with Gasteiger partial charge in [0.05, 0.1) is 6.10 Å². The van der Waals surface area contributed by atoms with Crippen molar-refractivity contribution in [2.75, 3.05) is 18.5 Å². The second-order valence-electron chi connectivity index (χ2n) is 6.41. The molecule has 1 saturated carbocycles. The van der Waals surface area contributed by atoms with Crippen LogP contribution in [0.1, 0.15) is 44.9 Å². The number of hydrogen-bond donors (Lipinski definition) is 2. The molecule has 5 heteroatoms. The van der Waals surface area contributed by atoms with Gasteiger partial charge in [0.15, 0.2) is 0 Å². The lowest BCUT2D eigenvalue weighted by molar-refractivity contribution is 0.0680. The van der Waals surface area contributed by atoms with E-state index in [1.54, 1.807) is 0 Å². The standard InChI is InChI=1S/C18H26N2O3/c21-18(19-14-6-2-1-3-7-14)20-15-8-4-9-16(12-15)23-13-17-10-5-11-22-17/h4,8-9,12,14,17H,1-3,5-7,10-11,13H2,(H2,19,20,21)/t17-/m1/s1. The number of ether oxygens (including phenoxy) is 2. The maximum atomic E-state index is 12.1. The summed E-state index contributed by atoms with van der Waals surface area (Å²) in [7, 11) is 0. The molecule has 0 unspecified atom stereocenters. The van der Waals surface area contributed by atoms with Crippen LogP contribution in [-0.2, 0) is 4.74 Å². The molecule has 23 heavy (non-hydrogen) atoms. The highest BCUT2D eigenvalue weighted by atomic mass is 16.5. The summed E-state index contributed by atoms with van der Waals surface area (Å²) in [5.74, 6) is 0.760. The molecule has 0 radical (unpaired) electrons. The zero-order valence-corrected chi connectivity index (χ0v) is 13.6. The molecule has 1 atom stereocenters. The molecule has 1 aliphatic heterocycles. The van der Waals surface area contributed by atoms with Crippen LogP contribution in [0.2, 0.25) is 0 Å². The lowest BCUT2D eigenvalue weighted by Crippen LogP contribution is -2.39. The quantitative estimate of drug-likeness (QED) is 0.870. The van der Waals surface area contributed by atoms with Crippen LogP contribution < -0.4 is 15.4 Å². The molecule has 1 aliphatic carbocycles. The molecule has 2 aliphatic rings. The van der Waals surface area contributed by atoms with E-state index in [4.69, 9.17) is 9.47 Å². The van der Waals surface area contributed by atoms with E-state index in [0.717, 1.165) is 43.7 Å². The Balaban J connectivity index is 1.47. The number of hydrogen-bond acceptors (Lipinski definition) is 3. The zero-order valence-electron chi connectivity index (χ0n) is 13.6. The van der Waals surface area contributed by atoms with Gasteiger partial charge in [0.2, 0.25) is 0 Å². The Labute approximate surface area is 137 Å². The maximum absolute atomic E-state index is 12.1. The van der Waals surface area contributed by atoms with Crippen molar-refractivity contribution in [1.29, 1.82) is 0 Å². The fraction of sp³-hybridized carbons (Fsp3) is 0.611. The average molecular weight is 318 g/mol. The van der Waals surface area contributed by atoms with Crippen LogP contribution in [0.4, 0.5) is 10.5 Å². The Kier molecular flexibility index (Phi) is 5.75. The highest BCUT2D eigenvalue weighted by Crippen LogP contribution is 2.20. The van der Waals surface area contributed by atoms with Crippen molar-refractivity contribution in [2.45, 2.75) is 57.1 Å². The zero-order chi connectivity index (χ0) is 15.9. The number of rotatable bonds is 5. The number of amides is 2. The van der Waals surface area contributed by atoms with Gasteiger partial charge in [0.25, 0.3) is 0 Å². The summed E-state index contributed by atoms with van der Waals surface area (Å²) in [6.45, 7) is 1.40. The van der Waals surface area contributed by atoms with Crippen molar-refractivity contribution in [3.63, 3.8) is 0 Å². The molecule has 3 rings (SSSR count). The summed E-state index contributed by atoms with van der Waals surface area (Å²) >= 11 is 0. The molecule has 0 spiro atoms. The van der Waals surface area contributed by atoms with Crippen LogP contribution in [0.15, 0.2) is 24.3 Å². The predicted molar refractivity (Wildman–Crippen MR) is 89.9 cm³/mol. The SMILES string of the molecule is O=C(Nc1cccc(OC[C@H]2CCCO2)c1)NC1CCCCC1. The van der Waals surface area contributed by atoms with Gasteiger partial charge >= 0.3 is 6.03 Å². The van der Waals surface area contributed by atoms with Gasteiger partial charge in [-0.3, -0.25) is 0 Å². The molecule has 5 nitrogen and oxygen atoms in total. The smallest absolute Gasteiger partial charge is 0.319 e. The summed E-state index contributed by atoms with van der Waals surface area (Å²) < 4.78 is 11.3. The van der Waals surface area contributed by atoms with Crippen LogP contribution in [0.5, 0.6) is 5.75 Å². The van der Waals surface area contributed by atoms with Crippen LogP contribution in [-0.4, -0.2) is 31.4 Å². The van der Waals surface area contributed by atoms with E-state index in [9.17, 15) is 4.79 Å². The van der Waals surface area contributed by atoms with E-state index < -0.39 is 0 Å². The minimum absolute atomic E-state index is 0.131. The lowest BCUT2D eigenvalue weighted by atomic mass is 9.96. The highest BCUT2D eigenvalue weighted by Gasteiger charge is 2.17. The summed E-state index contributed by atoms with van der Waals surface area (Å²) in [6, 6.07) is 7.70. The molecule has 126 valence electrons. The third-order valence-corrected chi connectivity index (χ3v) is 4.49. The molecule has 0 aromatic heterocycles. The third kappa shape index (κ3) is 5.13. The molecule has 0 bridgehead atoms. The van der Waals surface area contributed by atoms with Crippen LogP contribution in [0, 0.1) is 0 Å². The van der Waals surface area contributed by atoms with E-state index in [1.165, 1.54) is 19.3 Å². The van der Waals surface area contributed by atoms with E-state index in [2.05, 4.69) is 10.6 Å². The Hall–Kier alpha value is -1.75. The molecule has 1 aromatic carbocycles. The summed E-state index contributed by atoms with van der Waals surface area (Å²) in [4.78, 5) is 12.1. The van der Waals surface area contributed by atoms with Crippen molar-refractivity contribution in [3.05, 3.63) is 24.3 Å².